The van der Waals surface area contributed by atoms with Gasteiger partial charge in [-0.1, -0.05) is 5.11 Å². The molecular formula is C11H13N3O4. The van der Waals surface area contributed by atoms with Crippen LogP contribution < -0.4 is 14.2 Å². The van der Waals surface area contributed by atoms with Crippen LogP contribution in [0.4, 0.5) is 0 Å². The van der Waals surface area contributed by atoms with Gasteiger partial charge in [0.15, 0.2) is 17.3 Å². The van der Waals surface area contributed by atoms with E-state index in [4.69, 9.17) is 19.7 Å². The first-order valence-corrected chi connectivity index (χ1v) is 5.02. The number of ketones is 1. The van der Waals surface area contributed by atoms with Crippen LogP contribution in [-0.4, -0.2) is 33.7 Å². The van der Waals surface area contributed by atoms with Crippen molar-refractivity contribution in [2.75, 3.05) is 27.9 Å². The van der Waals surface area contributed by atoms with Crippen molar-refractivity contribution < 1.29 is 19.0 Å². The second kappa shape index (κ2) is 6.36. The molecule has 0 aliphatic rings. The Bertz CT molecular complexity index is 470. The van der Waals surface area contributed by atoms with Crippen molar-refractivity contribution >= 4 is 5.78 Å². The normalized spacial score (nSPS) is 9.28. The number of hydrogen-bond donors (Lipinski definition) is 0. The van der Waals surface area contributed by atoms with Crippen molar-refractivity contribution in [3.05, 3.63) is 28.1 Å². The lowest BCUT2D eigenvalue weighted by atomic mass is 10.1. The van der Waals surface area contributed by atoms with Gasteiger partial charge in [-0.05, 0) is 17.7 Å². The zero-order valence-corrected chi connectivity index (χ0v) is 10.3. The van der Waals surface area contributed by atoms with Crippen molar-refractivity contribution in [2.24, 2.45) is 5.11 Å². The second-order valence-electron chi connectivity index (χ2n) is 3.23. The predicted octanol–water partition coefficient (Wildman–Crippen LogP) is 2.21. The summed E-state index contributed by atoms with van der Waals surface area (Å²) in [5.41, 5.74) is 8.51. The van der Waals surface area contributed by atoms with Crippen LogP contribution in [0, 0.1) is 0 Å². The maximum Gasteiger partial charge on any atom is 0.203 e. The highest BCUT2D eigenvalue weighted by molar-refractivity contribution is 5.98. The van der Waals surface area contributed by atoms with Crippen molar-refractivity contribution in [2.45, 2.75) is 0 Å². The number of carbonyl (C=O) groups excluding carboxylic acids is 1. The molecule has 0 heterocycles. The van der Waals surface area contributed by atoms with Gasteiger partial charge >= 0.3 is 0 Å². The largest absolute Gasteiger partial charge is 0.493 e. The Kier molecular flexibility index (Phi) is 4.83. The molecule has 0 spiro atoms. The summed E-state index contributed by atoms with van der Waals surface area (Å²) < 4.78 is 15.4. The molecule has 7 heteroatoms. The number of azide groups is 1. The van der Waals surface area contributed by atoms with Crippen LogP contribution in [0.25, 0.3) is 10.4 Å². The standard InChI is InChI=1S/C11H13N3O4/c1-16-9-4-7(8(15)6-13-14-12)5-10(17-2)11(9)18-3/h4-5H,6H2,1-3H3. The molecule has 1 aromatic rings. The summed E-state index contributed by atoms with van der Waals surface area (Å²) in [7, 11) is 4.39. The number of methoxy groups -OCH3 is 3. The van der Waals surface area contributed by atoms with Crippen LogP contribution in [0.5, 0.6) is 17.2 Å². The first kappa shape index (κ1) is 13.7. The average molecular weight is 251 g/mol. The summed E-state index contributed by atoms with van der Waals surface area (Å²) >= 11 is 0. The molecule has 0 saturated heterocycles. The second-order valence-corrected chi connectivity index (χ2v) is 3.23. The lowest BCUT2D eigenvalue weighted by Crippen LogP contribution is -2.05. The number of carbonyl (C=O) groups is 1. The highest BCUT2D eigenvalue weighted by Crippen LogP contribution is 2.38. The zero-order chi connectivity index (χ0) is 13.5. The Morgan fingerprint density at radius 3 is 2.17 bits per heavy atom. The third-order valence-electron chi connectivity index (χ3n) is 2.26. The van der Waals surface area contributed by atoms with E-state index in [9.17, 15) is 4.79 Å². The molecule has 0 radical (unpaired) electrons. The van der Waals surface area contributed by atoms with Gasteiger partial charge in [0.2, 0.25) is 5.75 Å². The number of benzene rings is 1. The van der Waals surface area contributed by atoms with Crippen LogP contribution >= 0.6 is 0 Å². The first-order valence-electron chi connectivity index (χ1n) is 5.02. The summed E-state index contributed by atoms with van der Waals surface area (Å²) in [6.07, 6.45) is 0. The molecule has 0 aliphatic carbocycles. The molecule has 0 fully saturated rings. The van der Waals surface area contributed by atoms with E-state index < -0.39 is 0 Å². The molecule has 0 aromatic heterocycles. The number of hydrogen-bond acceptors (Lipinski definition) is 5. The van der Waals surface area contributed by atoms with Crippen LogP contribution in [-0.2, 0) is 0 Å². The smallest absolute Gasteiger partial charge is 0.203 e. The maximum atomic E-state index is 11.7. The molecular weight excluding hydrogens is 238 g/mol. The lowest BCUT2D eigenvalue weighted by Gasteiger charge is -2.13. The molecule has 0 unspecified atom stereocenters. The summed E-state index contributed by atoms with van der Waals surface area (Å²) in [5.74, 6) is 0.828. The minimum Gasteiger partial charge on any atom is -0.493 e. The number of ether oxygens (including phenoxy) is 3. The summed E-state index contributed by atoms with van der Waals surface area (Å²) in [6, 6.07) is 3.02. The van der Waals surface area contributed by atoms with Crippen LogP contribution in [0.15, 0.2) is 17.2 Å². The van der Waals surface area contributed by atoms with E-state index in [2.05, 4.69) is 10.0 Å². The van der Waals surface area contributed by atoms with Crippen molar-refractivity contribution in [1.82, 2.24) is 0 Å². The lowest BCUT2D eigenvalue weighted by molar-refractivity contribution is 0.100. The minimum atomic E-state index is -0.327. The van der Waals surface area contributed by atoms with Gasteiger partial charge in [0, 0.05) is 10.5 Å². The minimum absolute atomic E-state index is 0.255. The van der Waals surface area contributed by atoms with Crippen LogP contribution in [0.3, 0.4) is 0 Å². The average Bonchev–Trinajstić information content (AvgIpc) is 2.42. The summed E-state index contributed by atoms with van der Waals surface area (Å²) in [5, 5.41) is 3.22. The molecule has 0 aliphatic heterocycles. The molecule has 1 rings (SSSR count). The fourth-order valence-corrected chi connectivity index (χ4v) is 1.43. The molecule has 1 aromatic carbocycles. The SMILES string of the molecule is COc1cc(C(=O)CN=[N+]=[N-])cc(OC)c1OC. The number of Topliss-reactive ketones (excluding diaryl/α,β-unsaturated/α-hetero) is 1. The zero-order valence-electron chi connectivity index (χ0n) is 10.3. The third kappa shape index (κ3) is 2.83. The highest BCUT2D eigenvalue weighted by Gasteiger charge is 2.16. The number of rotatable bonds is 6. The Balaban J connectivity index is 3.22. The van der Waals surface area contributed by atoms with E-state index in [-0.39, 0.29) is 12.3 Å². The summed E-state index contributed by atoms with van der Waals surface area (Å²) in [4.78, 5) is 14.3. The van der Waals surface area contributed by atoms with Crippen LogP contribution in [0.1, 0.15) is 10.4 Å². The monoisotopic (exact) mass is 251 g/mol. The van der Waals surface area contributed by atoms with Gasteiger partial charge in [0.25, 0.3) is 0 Å². The third-order valence-corrected chi connectivity index (χ3v) is 2.26. The van der Waals surface area contributed by atoms with E-state index in [1.165, 1.54) is 33.5 Å². The van der Waals surface area contributed by atoms with Crippen molar-refractivity contribution in [3.63, 3.8) is 0 Å². The Labute approximate surface area is 104 Å². The molecule has 0 bridgehead atoms. The van der Waals surface area contributed by atoms with Gasteiger partial charge in [0.05, 0.1) is 27.9 Å². The van der Waals surface area contributed by atoms with Gasteiger partial charge in [-0.25, -0.2) is 0 Å². The van der Waals surface area contributed by atoms with Crippen molar-refractivity contribution in [3.8, 4) is 17.2 Å². The molecule has 0 amide bonds. The van der Waals surface area contributed by atoms with E-state index >= 15 is 0 Å². The quantitative estimate of drug-likeness (QED) is 0.335. The fraction of sp³-hybridized carbons (Fsp3) is 0.364. The molecule has 0 saturated carbocycles. The Morgan fingerprint density at radius 2 is 1.78 bits per heavy atom. The van der Waals surface area contributed by atoms with Gasteiger partial charge in [-0.15, -0.1) is 0 Å². The Hall–Kier alpha value is -2.40. The van der Waals surface area contributed by atoms with Crippen LogP contribution in [0.2, 0.25) is 0 Å². The van der Waals surface area contributed by atoms with E-state index in [1.54, 1.807) is 0 Å². The van der Waals surface area contributed by atoms with Gasteiger partial charge < -0.3 is 14.2 Å². The molecule has 96 valence electrons. The molecule has 18 heavy (non-hydrogen) atoms. The van der Waals surface area contributed by atoms with E-state index in [1.807, 2.05) is 0 Å². The van der Waals surface area contributed by atoms with Gasteiger partial charge in [-0.2, -0.15) is 0 Å². The molecule has 0 N–H and O–H groups in total. The molecule has 7 nitrogen and oxygen atoms in total. The summed E-state index contributed by atoms with van der Waals surface area (Å²) in [6.45, 7) is -0.255. The maximum absolute atomic E-state index is 11.7. The van der Waals surface area contributed by atoms with Crippen molar-refractivity contribution in [1.29, 1.82) is 0 Å². The van der Waals surface area contributed by atoms with E-state index in [0.717, 1.165) is 0 Å². The predicted molar refractivity (Wildman–Crippen MR) is 64.4 cm³/mol. The highest BCUT2D eigenvalue weighted by atomic mass is 16.5. The Morgan fingerprint density at radius 1 is 1.22 bits per heavy atom. The number of nitrogens with zero attached hydrogens (tertiary/aromatic N) is 3. The van der Waals surface area contributed by atoms with Gasteiger partial charge in [0.1, 0.15) is 0 Å². The molecule has 0 atom stereocenters. The topological polar surface area (TPSA) is 93.5 Å². The van der Waals surface area contributed by atoms with E-state index in [0.29, 0.717) is 22.8 Å². The fourth-order valence-electron chi connectivity index (χ4n) is 1.43. The first-order chi connectivity index (χ1) is 8.67. The van der Waals surface area contributed by atoms with Gasteiger partial charge in [-0.3, -0.25) is 4.79 Å².